The molecule has 0 saturated carbocycles. The van der Waals surface area contributed by atoms with Gasteiger partial charge in [-0.05, 0) is 18.4 Å². The van der Waals surface area contributed by atoms with E-state index in [1.54, 1.807) is 12.4 Å². The van der Waals surface area contributed by atoms with Crippen molar-refractivity contribution in [2.75, 3.05) is 13.4 Å². The van der Waals surface area contributed by atoms with Crippen molar-refractivity contribution in [1.29, 1.82) is 5.26 Å². The number of carbonyl (C=O) groups is 1. The Hall–Kier alpha value is -2.07. The van der Waals surface area contributed by atoms with Crippen molar-refractivity contribution >= 4 is 28.6 Å². The van der Waals surface area contributed by atoms with E-state index in [2.05, 4.69) is 15.0 Å². The predicted octanol–water partition coefficient (Wildman–Crippen LogP) is 2.03. The smallest absolute Gasteiger partial charge is 0.340 e. The summed E-state index contributed by atoms with van der Waals surface area (Å²) in [7, 11) is 1.22. The van der Waals surface area contributed by atoms with Gasteiger partial charge in [-0.3, -0.25) is 5.32 Å². The highest BCUT2D eigenvalue weighted by Gasteiger charge is 2.13. The first-order valence-corrected chi connectivity index (χ1v) is 6.00. The van der Waals surface area contributed by atoms with E-state index in [1.807, 2.05) is 0 Å². The molecule has 0 spiro atoms. The molecule has 5 nitrogen and oxygen atoms in total. The fraction of sp³-hybridized carbons (Fsp3) is 0.182. The number of methoxy groups -OCH3 is 1. The highest BCUT2D eigenvalue weighted by molar-refractivity contribution is 8.13. The molecule has 0 heterocycles. The van der Waals surface area contributed by atoms with Gasteiger partial charge in [0.05, 0.1) is 18.4 Å². The first kappa shape index (κ1) is 14.0. The van der Waals surface area contributed by atoms with Crippen molar-refractivity contribution in [3.63, 3.8) is 0 Å². The SMILES string of the molecule is COC(=O)c1ccc(F)cc1N=C(NC#N)SC. The molecular formula is C11H10FN3O2S. The van der Waals surface area contributed by atoms with Crippen LogP contribution in [0.5, 0.6) is 0 Å². The molecule has 0 aromatic heterocycles. The molecule has 1 aromatic carbocycles. The van der Waals surface area contributed by atoms with Gasteiger partial charge in [-0.2, -0.15) is 5.26 Å². The summed E-state index contributed by atoms with van der Waals surface area (Å²) in [4.78, 5) is 15.5. The number of rotatable bonds is 2. The minimum Gasteiger partial charge on any atom is -0.465 e. The lowest BCUT2D eigenvalue weighted by molar-refractivity contribution is 0.0601. The number of thioether (sulfide) groups is 1. The van der Waals surface area contributed by atoms with Gasteiger partial charge in [-0.1, -0.05) is 11.8 Å². The summed E-state index contributed by atoms with van der Waals surface area (Å²) in [5.41, 5.74) is 0.235. The van der Waals surface area contributed by atoms with Crippen LogP contribution >= 0.6 is 11.8 Å². The average molecular weight is 267 g/mol. The fourth-order valence-corrected chi connectivity index (χ4v) is 1.50. The van der Waals surface area contributed by atoms with Crippen molar-refractivity contribution in [3.05, 3.63) is 29.6 Å². The van der Waals surface area contributed by atoms with E-state index >= 15 is 0 Å². The van der Waals surface area contributed by atoms with Crippen molar-refractivity contribution < 1.29 is 13.9 Å². The van der Waals surface area contributed by atoms with Crippen LogP contribution in [-0.2, 0) is 4.74 Å². The summed E-state index contributed by atoms with van der Waals surface area (Å²) in [5, 5.41) is 11.1. The molecule has 0 aliphatic carbocycles. The number of ether oxygens (including phenoxy) is 1. The van der Waals surface area contributed by atoms with E-state index in [0.717, 1.165) is 12.1 Å². The number of esters is 1. The van der Waals surface area contributed by atoms with Crippen molar-refractivity contribution in [2.45, 2.75) is 0 Å². The Kier molecular flexibility index (Phi) is 5.14. The van der Waals surface area contributed by atoms with Crippen LogP contribution in [0.2, 0.25) is 0 Å². The highest BCUT2D eigenvalue weighted by Crippen LogP contribution is 2.22. The number of carbonyl (C=O) groups excluding carboxylic acids is 1. The third kappa shape index (κ3) is 3.46. The first-order valence-electron chi connectivity index (χ1n) is 4.78. The Bertz CT molecular complexity index is 526. The quantitative estimate of drug-likeness (QED) is 0.292. The Morgan fingerprint density at radius 3 is 2.89 bits per heavy atom. The summed E-state index contributed by atoms with van der Waals surface area (Å²) in [6.45, 7) is 0. The maximum Gasteiger partial charge on any atom is 0.340 e. The number of halogens is 1. The summed E-state index contributed by atoms with van der Waals surface area (Å²) in [6, 6.07) is 3.52. The zero-order chi connectivity index (χ0) is 13.5. The maximum absolute atomic E-state index is 13.1. The van der Waals surface area contributed by atoms with Gasteiger partial charge in [0.15, 0.2) is 11.4 Å². The lowest BCUT2D eigenvalue weighted by Crippen LogP contribution is -2.13. The van der Waals surface area contributed by atoms with Gasteiger partial charge in [0.1, 0.15) is 5.82 Å². The van der Waals surface area contributed by atoms with Crippen LogP contribution in [0.15, 0.2) is 23.2 Å². The molecule has 0 aliphatic heterocycles. The predicted molar refractivity (Wildman–Crippen MR) is 67.1 cm³/mol. The molecule has 1 rings (SSSR count). The summed E-state index contributed by atoms with van der Waals surface area (Å²) in [5.74, 6) is -1.15. The molecule has 0 radical (unpaired) electrons. The number of nitriles is 1. The third-order valence-electron chi connectivity index (χ3n) is 1.94. The molecule has 0 unspecified atom stereocenters. The van der Waals surface area contributed by atoms with Crippen LogP contribution < -0.4 is 5.32 Å². The fourth-order valence-electron chi connectivity index (χ4n) is 1.16. The van der Waals surface area contributed by atoms with E-state index < -0.39 is 11.8 Å². The lowest BCUT2D eigenvalue weighted by Gasteiger charge is -2.05. The topological polar surface area (TPSA) is 74.5 Å². The van der Waals surface area contributed by atoms with E-state index in [-0.39, 0.29) is 16.4 Å². The molecule has 0 bridgehead atoms. The van der Waals surface area contributed by atoms with Gasteiger partial charge in [0, 0.05) is 6.07 Å². The highest BCUT2D eigenvalue weighted by atomic mass is 32.2. The second kappa shape index (κ2) is 6.61. The Labute approximate surface area is 108 Å². The number of nitrogens with one attached hydrogen (secondary N) is 1. The second-order valence-electron chi connectivity index (χ2n) is 3.01. The summed E-state index contributed by atoms with van der Waals surface area (Å²) >= 11 is 1.17. The van der Waals surface area contributed by atoms with Crippen LogP contribution in [0.4, 0.5) is 10.1 Å². The van der Waals surface area contributed by atoms with Crippen LogP contribution in [0.3, 0.4) is 0 Å². The molecule has 0 amide bonds. The number of nitrogens with zero attached hydrogens (tertiary/aromatic N) is 2. The van der Waals surface area contributed by atoms with Gasteiger partial charge in [-0.25, -0.2) is 14.2 Å². The molecule has 94 valence electrons. The molecule has 0 aliphatic rings. The third-order valence-corrected chi connectivity index (χ3v) is 2.52. The molecule has 0 atom stereocenters. The van der Waals surface area contributed by atoms with Crippen LogP contribution in [0.25, 0.3) is 0 Å². The van der Waals surface area contributed by atoms with Crippen LogP contribution in [0, 0.1) is 17.3 Å². The van der Waals surface area contributed by atoms with Gasteiger partial charge < -0.3 is 4.74 Å². The van der Waals surface area contributed by atoms with Gasteiger partial charge in [-0.15, -0.1) is 0 Å². The van der Waals surface area contributed by atoms with Crippen molar-refractivity contribution in [1.82, 2.24) is 5.32 Å². The zero-order valence-electron chi connectivity index (χ0n) is 9.73. The number of amidine groups is 1. The molecule has 18 heavy (non-hydrogen) atoms. The number of aliphatic imine (C=N–C) groups is 1. The normalized spacial score (nSPS) is 10.7. The number of hydrogen-bond donors (Lipinski definition) is 1. The van der Waals surface area contributed by atoms with Crippen molar-refractivity contribution in [3.8, 4) is 6.19 Å². The van der Waals surface area contributed by atoms with Gasteiger partial charge in [0.25, 0.3) is 0 Å². The van der Waals surface area contributed by atoms with E-state index in [1.165, 1.54) is 24.9 Å². The van der Waals surface area contributed by atoms with E-state index in [0.29, 0.717) is 0 Å². The van der Waals surface area contributed by atoms with Crippen LogP contribution in [-0.4, -0.2) is 24.5 Å². The van der Waals surface area contributed by atoms with Gasteiger partial charge in [0.2, 0.25) is 0 Å². The molecule has 0 fully saturated rings. The Morgan fingerprint density at radius 1 is 1.61 bits per heavy atom. The number of hydrogen-bond acceptors (Lipinski definition) is 5. The van der Waals surface area contributed by atoms with Gasteiger partial charge >= 0.3 is 5.97 Å². The summed E-state index contributed by atoms with van der Waals surface area (Å²) < 4.78 is 17.7. The standard InChI is InChI=1S/C11H10FN3O2S/c1-17-10(16)8-4-3-7(12)5-9(8)15-11(18-2)14-6-13/h3-5H,1-2H3,(H,14,15). The Balaban J connectivity index is 3.25. The lowest BCUT2D eigenvalue weighted by atomic mass is 10.2. The molecular weight excluding hydrogens is 257 g/mol. The summed E-state index contributed by atoms with van der Waals surface area (Å²) in [6.07, 6.45) is 3.40. The largest absolute Gasteiger partial charge is 0.465 e. The minimum absolute atomic E-state index is 0.106. The van der Waals surface area contributed by atoms with E-state index in [4.69, 9.17) is 5.26 Å². The minimum atomic E-state index is -0.619. The second-order valence-corrected chi connectivity index (χ2v) is 3.81. The first-order chi connectivity index (χ1) is 8.62. The Morgan fingerprint density at radius 2 is 2.33 bits per heavy atom. The molecule has 1 N–H and O–H groups in total. The molecule has 7 heteroatoms. The zero-order valence-corrected chi connectivity index (χ0v) is 10.5. The van der Waals surface area contributed by atoms with Crippen molar-refractivity contribution in [2.24, 2.45) is 4.99 Å². The maximum atomic E-state index is 13.1. The number of benzene rings is 1. The van der Waals surface area contributed by atoms with Crippen LogP contribution in [0.1, 0.15) is 10.4 Å². The molecule has 1 aromatic rings. The monoisotopic (exact) mass is 267 g/mol. The molecule has 0 saturated heterocycles. The average Bonchev–Trinajstić information content (AvgIpc) is 2.37. The van der Waals surface area contributed by atoms with E-state index in [9.17, 15) is 9.18 Å².